The van der Waals surface area contributed by atoms with E-state index in [-0.39, 0.29) is 28.1 Å². The van der Waals surface area contributed by atoms with Crippen LogP contribution >= 0.6 is 0 Å². The maximum Gasteiger partial charge on any atom is 0.168 e. The second-order valence-electron chi connectivity index (χ2n) is 7.30. The minimum Gasteiger partial charge on any atom is -0.504 e. The van der Waals surface area contributed by atoms with Crippen LogP contribution in [0.5, 0.6) is 11.5 Å². The number of aromatic hydroxyl groups is 2. The first-order chi connectivity index (χ1) is 9.27. The Balaban J connectivity index is 2.24. The summed E-state index contributed by atoms with van der Waals surface area (Å²) < 4.78 is 0. The smallest absolute Gasteiger partial charge is 0.168 e. The summed E-state index contributed by atoms with van der Waals surface area (Å²) in [5, 5.41) is 19.8. The monoisotopic (exact) mass is 274 g/mol. The number of Topliss-reactive ketones (excluding diaryl/α,β-unsaturated/α-hetero) is 1. The molecule has 0 aromatic heterocycles. The number of hydrogen-bond acceptors (Lipinski definition) is 3. The highest BCUT2D eigenvalue weighted by Crippen LogP contribution is 2.58. The van der Waals surface area contributed by atoms with Gasteiger partial charge in [0.2, 0.25) is 0 Å². The topological polar surface area (TPSA) is 57.5 Å². The first-order valence-electron chi connectivity index (χ1n) is 7.36. The van der Waals surface area contributed by atoms with Crippen molar-refractivity contribution in [2.24, 2.45) is 11.3 Å². The molecular formula is C17H22O3. The number of fused-ring (bicyclic) bond motifs is 3. The second kappa shape index (κ2) is 4.00. The summed E-state index contributed by atoms with van der Waals surface area (Å²) in [6, 6.07) is 3.34. The SMILES string of the molecule is CC1(C)CCC[C@]2(C)c3ccc(O)c(O)c3C(=O)CC12. The summed E-state index contributed by atoms with van der Waals surface area (Å²) in [6.07, 6.45) is 3.77. The Morgan fingerprint density at radius 2 is 1.85 bits per heavy atom. The van der Waals surface area contributed by atoms with E-state index < -0.39 is 0 Å². The predicted octanol–water partition coefficient (Wildman–Crippen LogP) is 3.77. The van der Waals surface area contributed by atoms with Crippen molar-refractivity contribution in [3.8, 4) is 11.5 Å². The van der Waals surface area contributed by atoms with E-state index in [1.807, 2.05) is 6.07 Å². The molecule has 2 N–H and O–H groups in total. The summed E-state index contributed by atoms with van der Waals surface area (Å²) in [7, 11) is 0. The van der Waals surface area contributed by atoms with Gasteiger partial charge in [0.25, 0.3) is 0 Å². The molecule has 2 aliphatic carbocycles. The lowest BCUT2D eigenvalue weighted by molar-refractivity contribution is 0.0364. The predicted molar refractivity (Wildman–Crippen MR) is 77.2 cm³/mol. The molecule has 0 heterocycles. The van der Waals surface area contributed by atoms with Crippen molar-refractivity contribution in [3.63, 3.8) is 0 Å². The Labute approximate surface area is 119 Å². The zero-order valence-electron chi connectivity index (χ0n) is 12.4. The summed E-state index contributed by atoms with van der Waals surface area (Å²) >= 11 is 0. The molecule has 3 heteroatoms. The number of phenols is 2. The van der Waals surface area contributed by atoms with E-state index in [1.165, 1.54) is 6.07 Å². The van der Waals surface area contributed by atoms with Gasteiger partial charge in [-0.25, -0.2) is 0 Å². The van der Waals surface area contributed by atoms with Gasteiger partial charge in [0.15, 0.2) is 17.3 Å². The fourth-order valence-corrected chi connectivity index (χ4v) is 4.57. The van der Waals surface area contributed by atoms with Crippen LogP contribution in [0.1, 0.15) is 62.4 Å². The molecule has 1 aromatic carbocycles. The van der Waals surface area contributed by atoms with Gasteiger partial charge in [0.05, 0.1) is 5.56 Å². The second-order valence-corrected chi connectivity index (χ2v) is 7.30. The molecule has 0 spiro atoms. The van der Waals surface area contributed by atoms with Crippen molar-refractivity contribution in [1.82, 2.24) is 0 Å². The van der Waals surface area contributed by atoms with Crippen LogP contribution in [0.25, 0.3) is 0 Å². The Morgan fingerprint density at radius 3 is 2.55 bits per heavy atom. The molecule has 3 nitrogen and oxygen atoms in total. The average Bonchev–Trinajstić information content (AvgIpc) is 2.35. The molecule has 0 bridgehead atoms. The minimum atomic E-state index is -0.240. The molecule has 3 rings (SSSR count). The van der Waals surface area contributed by atoms with Gasteiger partial charge in [-0.15, -0.1) is 0 Å². The number of carbonyl (C=O) groups excluding carboxylic acids is 1. The van der Waals surface area contributed by atoms with Crippen molar-refractivity contribution in [1.29, 1.82) is 0 Å². The lowest BCUT2D eigenvalue weighted by Crippen LogP contribution is -2.49. The third kappa shape index (κ3) is 1.62. The maximum absolute atomic E-state index is 12.5. The number of ketones is 1. The quantitative estimate of drug-likeness (QED) is 0.708. The Morgan fingerprint density at radius 1 is 1.15 bits per heavy atom. The fourth-order valence-electron chi connectivity index (χ4n) is 4.57. The van der Waals surface area contributed by atoms with Gasteiger partial charge < -0.3 is 10.2 Å². The van der Waals surface area contributed by atoms with Gasteiger partial charge in [-0.1, -0.05) is 33.3 Å². The molecule has 1 saturated carbocycles. The van der Waals surface area contributed by atoms with Crippen LogP contribution < -0.4 is 0 Å². The highest BCUT2D eigenvalue weighted by Gasteiger charge is 2.52. The zero-order valence-corrected chi connectivity index (χ0v) is 12.4. The van der Waals surface area contributed by atoms with E-state index in [9.17, 15) is 15.0 Å². The number of hydrogen-bond donors (Lipinski definition) is 2. The van der Waals surface area contributed by atoms with Crippen LogP contribution in [0.4, 0.5) is 0 Å². The molecule has 2 atom stereocenters. The fraction of sp³-hybridized carbons (Fsp3) is 0.588. The maximum atomic E-state index is 12.5. The molecule has 0 aliphatic heterocycles. The number of benzene rings is 1. The van der Waals surface area contributed by atoms with Crippen LogP contribution in [0.15, 0.2) is 12.1 Å². The van der Waals surface area contributed by atoms with Gasteiger partial charge in [0, 0.05) is 6.42 Å². The number of phenolic OH excluding ortho intramolecular Hbond substituents is 2. The Kier molecular flexibility index (Phi) is 2.69. The van der Waals surface area contributed by atoms with E-state index in [4.69, 9.17) is 0 Å². The van der Waals surface area contributed by atoms with Crippen LogP contribution in [0.2, 0.25) is 0 Å². The molecule has 1 fully saturated rings. The van der Waals surface area contributed by atoms with Gasteiger partial charge in [-0.05, 0) is 41.2 Å². The van der Waals surface area contributed by atoms with Crippen molar-refractivity contribution in [2.75, 3.05) is 0 Å². The average molecular weight is 274 g/mol. The van der Waals surface area contributed by atoms with Crippen LogP contribution in [-0.4, -0.2) is 16.0 Å². The third-order valence-corrected chi connectivity index (χ3v) is 5.67. The van der Waals surface area contributed by atoms with Gasteiger partial charge >= 0.3 is 0 Å². The molecule has 0 amide bonds. The molecule has 0 saturated heterocycles. The number of carbonyl (C=O) groups is 1. The van der Waals surface area contributed by atoms with Gasteiger partial charge in [-0.3, -0.25) is 4.79 Å². The van der Waals surface area contributed by atoms with Crippen molar-refractivity contribution in [3.05, 3.63) is 23.3 Å². The third-order valence-electron chi connectivity index (χ3n) is 5.67. The molecule has 2 aliphatic rings. The molecule has 20 heavy (non-hydrogen) atoms. The summed E-state index contributed by atoms with van der Waals surface area (Å²) in [6.45, 7) is 6.70. The van der Waals surface area contributed by atoms with E-state index in [0.717, 1.165) is 24.8 Å². The van der Waals surface area contributed by atoms with Gasteiger partial charge in [-0.2, -0.15) is 0 Å². The van der Waals surface area contributed by atoms with E-state index >= 15 is 0 Å². The molecule has 1 aromatic rings. The standard InChI is InChI=1S/C17H22O3/c1-16(2)7-4-8-17(3)10-5-6-11(18)15(20)14(10)12(19)9-13(16)17/h5-6,13,18,20H,4,7-9H2,1-3H3/t13?,17-/m1/s1. The summed E-state index contributed by atoms with van der Waals surface area (Å²) in [5.74, 6) is -0.177. The van der Waals surface area contributed by atoms with Crippen molar-refractivity contribution >= 4 is 5.78 Å². The normalized spacial score (nSPS) is 31.6. The number of rotatable bonds is 0. The molecule has 1 unspecified atom stereocenters. The lowest BCUT2D eigenvalue weighted by atomic mass is 9.50. The van der Waals surface area contributed by atoms with Crippen LogP contribution in [-0.2, 0) is 5.41 Å². The summed E-state index contributed by atoms with van der Waals surface area (Å²) in [4.78, 5) is 12.5. The summed E-state index contributed by atoms with van der Waals surface area (Å²) in [5.41, 5.74) is 1.31. The zero-order chi connectivity index (χ0) is 14.7. The first kappa shape index (κ1) is 13.5. The highest BCUT2D eigenvalue weighted by molar-refractivity contribution is 6.02. The van der Waals surface area contributed by atoms with Crippen LogP contribution in [0.3, 0.4) is 0 Å². The van der Waals surface area contributed by atoms with Crippen molar-refractivity contribution in [2.45, 2.75) is 51.9 Å². The lowest BCUT2D eigenvalue weighted by Gasteiger charge is -2.53. The Hall–Kier alpha value is -1.51. The van der Waals surface area contributed by atoms with E-state index in [1.54, 1.807) is 0 Å². The van der Waals surface area contributed by atoms with Crippen molar-refractivity contribution < 1.29 is 15.0 Å². The van der Waals surface area contributed by atoms with E-state index in [0.29, 0.717) is 17.9 Å². The van der Waals surface area contributed by atoms with Gasteiger partial charge in [0.1, 0.15) is 0 Å². The molecule has 108 valence electrons. The minimum absolute atomic E-state index is 0.0362. The molecule has 0 radical (unpaired) electrons. The highest BCUT2D eigenvalue weighted by atomic mass is 16.3. The molecular weight excluding hydrogens is 252 g/mol. The Bertz CT molecular complexity index is 588. The largest absolute Gasteiger partial charge is 0.504 e. The first-order valence-corrected chi connectivity index (χ1v) is 7.36. The van der Waals surface area contributed by atoms with E-state index in [2.05, 4.69) is 20.8 Å². The van der Waals surface area contributed by atoms with Crippen LogP contribution in [0, 0.1) is 11.3 Å².